The zero-order chi connectivity index (χ0) is 30.7. The molecule has 1 aromatic heterocycles. The SMILES string of the molecule is CC(C)(O)c1cnnn1[C@H]1C[C@@H](C(=O)NC2(C(O)C(N)=O)CCSCC2)N(C(=O)[C@@H](CC2CCCCC2)NC(=O)O)C1. The first-order valence-electron chi connectivity index (χ1n) is 14.6. The Bertz CT molecular complexity index is 1140. The van der Waals surface area contributed by atoms with Gasteiger partial charge in [-0.25, -0.2) is 9.48 Å². The summed E-state index contributed by atoms with van der Waals surface area (Å²) >= 11 is 1.63. The van der Waals surface area contributed by atoms with E-state index >= 15 is 0 Å². The Hall–Kier alpha value is -2.91. The highest BCUT2D eigenvalue weighted by Gasteiger charge is 2.49. The standard InChI is InChI=1S/C27H43N7O7S/c1-26(2,41)20-14-29-32-34(20)17-13-19(23(37)31-27(21(35)22(28)36)8-10-42-11-9-27)33(15-17)24(38)18(30-25(39)40)12-16-6-4-3-5-7-16/h14,16-19,21,30,35,41H,3-13,15H2,1-2H3,(H2,28,36)(H,31,37)(H,39,40)/t17-,18+,19-,21?/m0/s1. The van der Waals surface area contributed by atoms with Crippen LogP contribution in [0.3, 0.4) is 0 Å². The Labute approximate surface area is 249 Å². The summed E-state index contributed by atoms with van der Waals surface area (Å²) in [5, 5.41) is 44.4. The smallest absolute Gasteiger partial charge is 0.405 e. The van der Waals surface area contributed by atoms with Gasteiger partial charge in [-0.05, 0) is 50.5 Å². The van der Waals surface area contributed by atoms with Crippen LogP contribution in [0.4, 0.5) is 4.79 Å². The van der Waals surface area contributed by atoms with E-state index in [-0.39, 0.29) is 18.9 Å². The Balaban J connectivity index is 1.65. The normalized spacial score (nSPS) is 24.5. The number of aliphatic hydroxyl groups is 2. The van der Waals surface area contributed by atoms with Crippen LogP contribution in [0.25, 0.3) is 0 Å². The summed E-state index contributed by atoms with van der Waals surface area (Å²) in [5.74, 6) is -0.680. The van der Waals surface area contributed by atoms with E-state index in [1.54, 1.807) is 25.6 Å². The number of rotatable bonds is 10. The van der Waals surface area contributed by atoms with Crippen molar-refractivity contribution in [3.8, 4) is 0 Å². The third-order valence-electron chi connectivity index (χ3n) is 8.85. The van der Waals surface area contributed by atoms with Crippen LogP contribution >= 0.6 is 11.8 Å². The Morgan fingerprint density at radius 3 is 2.45 bits per heavy atom. The highest BCUT2D eigenvalue weighted by atomic mass is 32.2. The van der Waals surface area contributed by atoms with E-state index in [1.165, 1.54) is 15.8 Å². The Morgan fingerprint density at radius 2 is 1.86 bits per heavy atom. The second kappa shape index (κ2) is 13.2. The average Bonchev–Trinajstić information content (AvgIpc) is 3.61. The molecule has 1 saturated carbocycles. The van der Waals surface area contributed by atoms with Gasteiger partial charge >= 0.3 is 6.09 Å². The lowest BCUT2D eigenvalue weighted by Gasteiger charge is -2.41. The Morgan fingerprint density at radius 1 is 1.19 bits per heavy atom. The molecule has 0 bridgehead atoms. The molecule has 1 aromatic rings. The maximum Gasteiger partial charge on any atom is 0.405 e. The molecule has 1 unspecified atom stereocenters. The molecule has 3 fully saturated rings. The number of primary amides is 1. The van der Waals surface area contributed by atoms with Gasteiger partial charge in [0.05, 0.1) is 23.5 Å². The van der Waals surface area contributed by atoms with Crippen molar-refractivity contribution in [1.29, 1.82) is 0 Å². The third-order valence-corrected chi connectivity index (χ3v) is 9.84. The zero-order valence-corrected chi connectivity index (χ0v) is 25.0. The van der Waals surface area contributed by atoms with Gasteiger partial charge in [0.25, 0.3) is 0 Å². The van der Waals surface area contributed by atoms with Crippen molar-refractivity contribution >= 4 is 35.6 Å². The number of carbonyl (C=O) groups excluding carboxylic acids is 3. The molecule has 14 nitrogen and oxygen atoms in total. The summed E-state index contributed by atoms with van der Waals surface area (Å²) in [6.45, 7) is 3.18. The number of hydrogen-bond donors (Lipinski definition) is 6. The lowest BCUT2D eigenvalue weighted by Crippen LogP contribution is -2.65. The summed E-state index contributed by atoms with van der Waals surface area (Å²) in [6.07, 6.45) is 4.47. The quantitative estimate of drug-likeness (QED) is 0.216. The minimum atomic E-state index is -1.62. The molecule has 4 atom stereocenters. The summed E-state index contributed by atoms with van der Waals surface area (Å²) < 4.78 is 1.50. The van der Waals surface area contributed by atoms with Crippen molar-refractivity contribution in [2.24, 2.45) is 11.7 Å². The fraction of sp³-hybridized carbons (Fsp3) is 0.778. The van der Waals surface area contributed by atoms with Gasteiger partial charge < -0.3 is 36.6 Å². The fourth-order valence-corrected chi connectivity index (χ4v) is 7.79. The predicted molar refractivity (Wildman–Crippen MR) is 153 cm³/mol. The molecule has 1 aliphatic carbocycles. The first-order chi connectivity index (χ1) is 19.8. The van der Waals surface area contributed by atoms with Gasteiger partial charge in [-0.15, -0.1) is 5.10 Å². The van der Waals surface area contributed by atoms with Crippen molar-refractivity contribution < 1.29 is 34.5 Å². The molecule has 0 spiro atoms. The largest absolute Gasteiger partial charge is 0.465 e. The number of nitrogens with two attached hydrogens (primary N) is 1. The van der Waals surface area contributed by atoms with Crippen molar-refractivity contribution in [3.63, 3.8) is 0 Å². The van der Waals surface area contributed by atoms with Crippen LogP contribution in [0.5, 0.6) is 0 Å². The molecule has 15 heteroatoms. The van der Waals surface area contributed by atoms with Crippen LogP contribution in [-0.2, 0) is 20.0 Å². The number of aromatic nitrogens is 3. The monoisotopic (exact) mass is 609 g/mol. The van der Waals surface area contributed by atoms with E-state index in [2.05, 4.69) is 20.9 Å². The topological polar surface area (TPSA) is 213 Å². The van der Waals surface area contributed by atoms with Crippen LogP contribution in [-0.4, -0.2) is 101 Å². The molecule has 3 aliphatic rings. The molecule has 4 rings (SSSR count). The summed E-state index contributed by atoms with van der Waals surface area (Å²) in [5.41, 5.74) is 3.27. The average molecular weight is 610 g/mol. The van der Waals surface area contributed by atoms with E-state index in [4.69, 9.17) is 5.73 Å². The molecule has 0 aromatic carbocycles. The van der Waals surface area contributed by atoms with Crippen LogP contribution in [0.15, 0.2) is 6.20 Å². The molecular formula is C27H43N7O7S. The van der Waals surface area contributed by atoms with Gasteiger partial charge in [0.15, 0.2) is 6.10 Å². The maximum atomic E-state index is 14.1. The lowest BCUT2D eigenvalue weighted by atomic mass is 9.84. The second-order valence-electron chi connectivity index (χ2n) is 12.3. The molecule has 7 N–H and O–H groups in total. The molecule has 2 aliphatic heterocycles. The van der Waals surface area contributed by atoms with Crippen molar-refractivity contribution in [2.75, 3.05) is 18.1 Å². The van der Waals surface area contributed by atoms with Gasteiger partial charge in [-0.2, -0.15) is 11.8 Å². The highest BCUT2D eigenvalue weighted by Crippen LogP contribution is 2.35. The third kappa shape index (κ3) is 7.17. The molecule has 2 saturated heterocycles. The molecule has 3 heterocycles. The van der Waals surface area contributed by atoms with Crippen molar-refractivity contribution in [3.05, 3.63) is 11.9 Å². The first-order valence-corrected chi connectivity index (χ1v) is 15.8. The first kappa shape index (κ1) is 32.0. The number of carbonyl (C=O) groups is 4. The van der Waals surface area contributed by atoms with Gasteiger partial charge in [0, 0.05) is 13.0 Å². The number of carboxylic acid groups (broad SMARTS) is 1. The van der Waals surface area contributed by atoms with E-state index in [0.29, 0.717) is 36.5 Å². The molecule has 4 amide bonds. The molecule has 42 heavy (non-hydrogen) atoms. The second-order valence-corrected chi connectivity index (χ2v) is 13.5. The Kier molecular flexibility index (Phi) is 10.0. The van der Waals surface area contributed by atoms with Crippen LogP contribution < -0.4 is 16.4 Å². The number of amides is 4. The number of aliphatic hydroxyl groups excluding tert-OH is 1. The number of likely N-dealkylation sites (tertiary alicyclic amines) is 1. The van der Waals surface area contributed by atoms with Crippen molar-refractivity contribution in [1.82, 2.24) is 30.5 Å². The van der Waals surface area contributed by atoms with Crippen LogP contribution in [0, 0.1) is 5.92 Å². The van der Waals surface area contributed by atoms with Gasteiger partial charge in [-0.1, -0.05) is 37.3 Å². The van der Waals surface area contributed by atoms with E-state index in [0.717, 1.165) is 32.1 Å². The van der Waals surface area contributed by atoms with E-state index < -0.39 is 59.2 Å². The predicted octanol–water partition coefficient (Wildman–Crippen LogP) is 0.482. The molecular weight excluding hydrogens is 566 g/mol. The minimum absolute atomic E-state index is 0.0209. The molecule has 0 radical (unpaired) electrons. The molecule has 234 valence electrons. The fourth-order valence-electron chi connectivity index (χ4n) is 6.56. The number of thioether (sulfide) groups is 1. The summed E-state index contributed by atoms with van der Waals surface area (Å²) in [4.78, 5) is 53.2. The van der Waals surface area contributed by atoms with Gasteiger partial charge in [-0.3, -0.25) is 14.4 Å². The maximum absolute atomic E-state index is 14.1. The van der Waals surface area contributed by atoms with Gasteiger partial charge in [0.2, 0.25) is 17.7 Å². The lowest BCUT2D eigenvalue weighted by molar-refractivity contribution is -0.143. The van der Waals surface area contributed by atoms with Crippen molar-refractivity contribution in [2.45, 2.75) is 107 Å². The summed E-state index contributed by atoms with van der Waals surface area (Å²) in [7, 11) is 0. The highest BCUT2D eigenvalue weighted by molar-refractivity contribution is 7.99. The minimum Gasteiger partial charge on any atom is -0.465 e. The number of nitrogens with one attached hydrogen (secondary N) is 2. The summed E-state index contributed by atoms with van der Waals surface area (Å²) in [6, 6.07) is -2.66. The van der Waals surface area contributed by atoms with Crippen LogP contribution in [0.1, 0.15) is 83.4 Å². The van der Waals surface area contributed by atoms with E-state index in [9.17, 15) is 34.5 Å². The van der Waals surface area contributed by atoms with E-state index in [1.807, 2.05) is 0 Å². The zero-order valence-electron chi connectivity index (χ0n) is 24.2. The van der Waals surface area contributed by atoms with Gasteiger partial charge in [0.1, 0.15) is 17.7 Å². The number of hydrogen-bond acceptors (Lipinski definition) is 9. The number of nitrogens with zero attached hydrogens (tertiary/aromatic N) is 4. The van der Waals surface area contributed by atoms with Crippen LogP contribution in [0.2, 0.25) is 0 Å².